The number of nitrogens with one attached hydrogen (secondary N) is 2. The number of hydrogen-bond acceptors (Lipinski definition) is 2. The number of amides is 1. The van der Waals surface area contributed by atoms with Crippen molar-refractivity contribution in [1.29, 1.82) is 0 Å². The van der Waals surface area contributed by atoms with Gasteiger partial charge in [0.25, 0.3) is 0 Å². The molecule has 3 N–H and O–H groups in total. The lowest BCUT2D eigenvalue weighted by atomic mass is 10.1. The lowest BCUT2D eigenvalue weighted by molar-refractivity contribution is -0.121. The van der Waals surface area contributed by atoms with Crippen LogP contribution in [0.3, 0.4) is 0 Å². The molecule has 0 atom stereocenters. The van der Waals surface area contributed by atoms with Gasteiger partial charge in [-0.2, -0.15) is 0 Å². The number of rotatable bonds is 5. The number of fused-ring (bicyclic) bond motifs is 1. The fourth-order valence-electron chi connectivity index (χ4n) is 1.80. The molecule has 0 spiro atoms. The number of aromatic nitrogens is 1. The molecule has 0 saturated heterocycles. The molecule has 0 saturated carbocycles. The molecule has 0 unspecified atom stereocenters. The van der Waals surface area contributed by atoms with Crippen LogP contribution in [0.15, 0.2) is 30.5 Å². The summed E-state index contributed by atoms with van der Waals surface area (Å²) in [5, 5.41) is 12.4. The summed E-state index contributed by atoms with van der Waals surface area (Å²) in [6.07, 6.45) is 3.08. The number of aliphatic hydroxyl groups excluding tert-OH is 1. The van der Waals surface area contributed by atoms with Gasteiger partial charge in [0.05, 0.1) is 6.61 Å². The van der Waals surface area contributed by atoms with E-state index in [1.54, 1.807) is 0 Å². The molecule has 1 amide bonds. The first-order chi connectivity index (χ1) is 8.29. The van der Waals surface area contributed by atoms with Crippen LogP contribution >= 0.6 is 0 Å². The molecule has 4 heteroatoms. The van der Waals surface area contributed by atoms with Crippen LogP contribution < -0.4 is 5.32 Å². The Bertz CT molecular complexity index is 505. The minimum absolute atomic E-state index is 0.0128. The maximum atomic E-state index is 11.4. The van der Waals surface area contributed by atoms with Crippen molar-refractivity contribution in [2.24, 2.45) is 0 Å². The molecular weight excluding hydrogens is 216 g/mol. The van der Waals surface area contributed by atoms with Crippen molar-refractivity contribution in [3.05, 3.63) is 36.0 Å². The van der Waals surface area contributed by atoms with Crippen molar-refractivity contribution in [2.75, 3.05) is 13.2 Å². The second-order valence-corrected chi connectivity index (χ2v) is 3.97. The Hall–Kier alpha value is -1.81. The molecule has 1 heterocycles. The van der Waals surface area contributed by atoms with Crippen molar-refractivity contribution >= 4 is 16.8 Å². The Kier molecular flexibility index (Phi) is 3.77. The number of hydrogen-bond donors (Lipinski definition) is 3. The van der Waals surface area contributed by atoms with Crippen LogP contribution in [0.1, 0.15) is 12.0 Å². The third-order valence-corrected chi connectivity index (χ3v) is 2.69. The molecule has 1 aromatic heterocycles. The smallest absolute Gasteiger partial charge is 0.220 e. The standard InChI is InChI=1S/C13H16N2O2/c16-8-7-15-13(17)4-2-10-1-3-12-11(9-10)5-6-14-12/h1,3,5-6,9,14,16H,2,4,7-8H2,(H,15,17). The largest absolute Gasteiger partial charge is 0.395 e. The molecule has 2 rings (SSSR count). The van der Waals surface area contributed by atoms with Crippen LogP contribution in [0.4, 0.5) is 0 Å². The van der Waals surface area contributed by atoms with Crippen molar-refractivity contribution in [2.45, 2.75) is 12.8 Å². The highest BCUT2D eigenvalue weighted by atomic mass is 16.3. The normalized spacial score (nSPS) is 10.6. The van der Waals surface area contributed by atoms with E-state index in [0.717, 1.165) is 17.5 Å². The summed E-state index contributed by atoms with van der Waals surface area (Å²) in [6, 6.07) is 8.16. The summed E-state index contributed by atoms with van der Waals surface area (Å²) in [6.45, 7) is 0.316. The Morgan fingerprint density at radius 1 is 1.35 bits per heavy atom. The van der Waals surface area contributed by atoms with Gasteiger partial charge < -0.3 is 15.4 Å². The number of benzene rings is 1. The van der Waals surface area contributed by atoms with E-state index in [1.165, 1.54) is 5.39 Å². The van der Waals surface area contributed by atoms with Crippen LogP contribution in [0, 0.1) is 0 Å². The summed E-state index contributed by atoms with van der Waals surface area (Å²) in [7, 11) is 0. The van der Waals surface area contributed by atoms with Gasteiger partial charge in [0.15, 0.2) is 0 Å². The molecule has 0 fully saturated rings. The maximum absolute atomic E-state index is 11.4. The lowest BCUT2D eigenvalue weighted by Gasteiger charge is -2.03. The van der Waals surface area contributed by atoms with Gasteiger partial charge in [0.2, 0.25) is 5.91 Å². The SMILES string of the molecule is O=C(CCc1ccc2[nH]ccc2c1)NCCO. The summed E-state index contributed by atoms with van der Waals surface area (Å²) < 4.78 is 0. The quantitative estimate of drug-likeness (QED) is 0.725. The number of aryl methyl sites for hydroxylation is 1. The van der Waals surface area contributed by atoms with Crippen molar-refractivity contribution in [3.63, 3.8) is 0 Å². The highest BCUT2D eigenvalue weighted by molar-refractivity contribution is 5.80. The van der Waals surface area contributed by atoms with Crippen LogP contribution in [-0.4, -0.2) is 29.1 Å². The van der Waals surface area contributed by atoms with Crippen molar-refractivity contribution in [1.82, 2.24) is 10.3 Å². The average molecular weight is 232 g/mol. The minimum Gasteiger partial charge on any atom is -0.395 e. The van der Waals surface area contributed by atoms with Crippen LogP contribution in [0.2, 0.25) is 0 Å². The lowest BCUT2D eigenvalue weighted by Crippen LogP contribution is -2.26. The third-order valence-electron chi connectivity index (χ3n) is 2.69. The highest BCUT2D eigenvalue weighted by Gasteiger charge is 2.02. The Balaban J connectivity index is 1.92. The molecule has 0 aliphatic rings. The van der Waals surface area contributed by atoms with Gasteiger partial charge in [-0.15, -0.1) is 0 Å². The van der Waals surface area contributed by atoms with Gasteiger partial charge in [-0.25, -0.2) is 0 Å². The molecule has 0 aliphatic carbocycles. The van der Waals surface area contributed by atoms with E-state index in [0.29, 0.717) is 13.0 Å². The maximum Gasteiger partial charge on any atom is 0.220 e. The summed E-state index contributed by atoms with van der Waals surface area (Å²) in [4.78, 5) is 14.5. The molecule has 90 valence electrons. The van der Waals surface area contributed by atoms with E-state index >= 15 is 0 Å². The predicted molar refractivity (Wildman–Crippen MR) is 66.7 cm³/mol. The number of H-pyrrole nitrogens is 1. The molecule has 0 radical (unpaired) electrons. The van der Waals surface area contributed by atoms with Crippen molar-refractivity contribution in [3.8, 4) is 0 Å². The van der Waals surface area contributed by atoms with Gasteiger partial charge >= 0.3 is 0 Å². The average Bonchev–Trinajstić information content (AvgIpc) is 2.81. The first kappa shape index (κ1) is 11.7. The zero-order valence-electron chi connectivity index (χ0n) is 9.57. The van der Waals surface area contributed by atoms with Gasteiger partial charge in [0.1, 0.15) is 0 Å². The summed E-state index contributed by atoms with van der Waals surface area (Å²) >= 11 is 0. The van der Waals surface area contributed by atoms with Gasteiger partial charge in [-0.1, -0.05) is 6.07 Å². The van der Waals surface area contributed by atoms with E-state index in [1.807, 2.05) is 24.4 Å². The van der Waals surface area contributed by atoms with E-state index in [2.05, 4.69) is 16.4 Å². The zero-order valence-corrected chi connectivity index (χ0v) is 9.57. The molecule has 0 aliphatic heterocycles. The molecule has 4 nitrogen and oxygen atoms in total. The summed E-state index contributed by atoms with van der Waals surface area (Å²) in [5.74, 6) is -0.0202. The predicted octanol–water partition coefficient (Wildman–Crippen LogP) is 1.21. The fraction of sp³-hybridized carbons (Fsp3) is 0.308. The molecule has 17 heavy (non-hydrogen) atoms. The third kappa shape index (κ3) is 3.07. The minimum atomic E-state index is -0.0202. The molecule has 2 aromatic rings. The number of aromatic amines is 1. The first-order valence-electron chi connectivity index (χ1n) is 5.73. The van der Waals surface area contributed by atoms with E-state index in [-0.39, 0.29) is 12.5 Å². The van der Waals surface area contributed by atoms with E-state index in [4.69, 9.17) is 5.11 Å². The van der Waals surface area contributed by atoms with E-state index in [9.17, 15) is 4.79 Å². The first-order valence-corrected chi connectivity index (χ1v) is 5.73. The fourth-order valence-corrected chi connectivity index (χ4v) is 1.80. The number of carbonyl (C=O) groups excluding carboxylic acids is 1. The van der Waals surface area contributed by atoms with Crippen LogP contribution in [0.5, 0.6) is 0 Å². The Morgan fingerprint density at radius 3 is 3.06 bits per heavy atom. The van der Waals surface area contributed by atoms with Crippen molar-refractivity contribution < 1.29 is 9.90 Å². The highest BCUT2D eigenvalue weighted by Crippen LogP contribution is 2.15. The number of aliphatic hydroxyl groups is 1. The summed E-state index contributed by atoms with van der Waals surface area (Å²) in [5.41, 5.74) is 2.26. The van der Waals surface area contributed by atoms with Gasteiger partial charge in [-0.3, -0.25) is 4.79 Å². The second-order valence-electron chi connectivity index (χ2n) is 3.97. The Morgan fingerprint density at radius 2 is 2.24 bits per heavy atom. The van der Waals surface area contributed by atoms with Gasteiger partial charge in [-0.05, 0) is 35.6 Å². The van der Waals surface area contributed by atoms with E-state index < -0.39 is 0 Å². The zero-order chi connectivity index (χ0) is 12.1. The number of carbonyl (C=O) groups is 1. The van der Waals surface area contributed by atoms with Crippen LogP contribution in [-0.2, 0) is 11.2 Å². The Labute approximate surface area is 99.7 Å². The van der Waals surface area contributed by atoms with Gasteiger partial charge in [0, 0.05) is 24.7 Å². The van der Waals surface area contributed by atoms with Crippen LogP contribution in [0.25, 0.3) is 10.9 Å². The molecule has 1 aromatic carbocycles. The molecule has 0 bridgehead atoms. The topological polar surface area (TPSA) is 65.1 Å². The second kappa shape index (κ2) is 5.50. The monoisotopic (exact) mass is 232 g/mol. The molecular formula is C13H16N2O2.